The summed E-state index contributed by atoms with van der Waals surface area (Å²) >= 11 is 0. The number of para-hydroxylation sites is 1. The van der Waals surface area contributed by atoms with Crippen LogP contribution in [-0.4, -0.2) is 31.2 Å². The zero-order valence-corrected chi connectivity index (χ0v) is 19.4. The molecule has 0 bridgehead atoms. The molecule has 1 aromatic heterocycles. The molecule has 33 heavy (non-hydrogen) atoms. The Morgan fingerprint density at radius 2 is 1.76 bits per heavy atom. The maximum atomic E-state index is 11.9. The molecule has 0 spiro atoms. The van der Waals surface area contributed by atoms with Crippen LogP contribution < -0.4 is 14.8 Å². The van der Waals surface area contributed by atoms with Gasteiger partial charge in [0, 0.05) is 29.0 Å². The normalized spacial score (nSPS) is 11.1. The molecule has 0 aliphatic heterocycles. The van der Waals surface area contributed by atoms with Gasteiger partial charge >= 0.3 is 0 Å². The highest BCUT2D eigenvalue weighted by molar-refractivity contribution is 7.92. The fraction of sp³-hybridized carbons (Fsp3) is 0.136. The van der Waals surface area contributed by atoms with Crippen molar-refractivity contribution in [3.8, 4) is 5.75 Å². The van der Waals surface area contributed by atoms with E-state index in [2.05, 4.69) is 15.0 Å². The van der Waals surface area contributed by atoms with Crippen molar-refractivity contribution in [2.45, 2.75) is 6.92 Å². The molecule has 4 rings (SSSR count). The van der Waals surface area contributed by atoms with Gasteiger partial charge in [-0.05, 0) is 31.2 Å². The van der Waals surface area contributed by atoms with E-state index in [-0.39, 0.29) is 23.8 Å². The van der Waals surface area contributed by atoms with Crippen molar-refractivity contribution < 1.29 is 18.1 Å². The van der Waals surface area contributed by atoms with E-state index in [9.17, 15) is 18.5 Å². The van der Waals surface area contributed by atoms with Gasteiger partial charge in [-0.1, -0.05) is 18.2 Å². The predicted molar refractivity (Wildman–Crippen MR) is 133 cm³/mol. The van der Waals surface area contributed by atoms with Crippen molar-refractivity contribution in [2.75, 3.05) is 22.9 Å². The third kappa shape index (κ3) is 4.91. The van der Waals surface area contributed by atoms with Crippen LogP contribution >= 0.6 is 12.4 Å². The number of nitrogens with zero attached hydrogens (tertiary/aromatic N) is 2. The molecule has 0 fully saturated rings. The number of hydrogen-bond donors (Lipinski definition) is 2. The summed E-state index contributed by atoms with van der Waals surface area (Å²) < 4.78 is 31.8. The third-order valence-corrected chi connectivity index (χ3v) is 6.30. The van der Waals surface area contributed by atoms with Crippen LogP contribution in [0.1, 0.15) is 6.92 Å². The molecular weight excluding hydrogens is 468 g/mol. The number of hydrogen-bond acceptors (Lipinski definition) is 7. The molecule has 0 atom stereocenters. The van der Waals surface area contributed by atoms with Crippen molar-refractivity contribution in [1.82, 2.24) is 4.98 Å². The predicted octanol–water partition coefficient (Wildman–Crippen LogP) is 5.23. The minimum atomic E-state index is -3.43. The van der Waals surface area contributed by atoms with E-state index in [1.807, 2.05) is 24.3 Å². The van der Waals surface area contributed by atoms with Crippen molar-refractivity contribution in [3.63, 3.8) is 0 Å². The van der Waals surface area contributed by atoms with Gasteiger partial charge in [-0.15, -0.1) is 12.4 Å². The van der Waals surface area contributed by atoms with E-state index >= 15 is 0 Å². The van der Waals surface area contributed by atoms with Gasteiger partial charge in [0.1, 0.15) is 5.75 Å². The number of nitrogens with one attached hydrogen (secondary N) is 2. The van der Waals surface area contributed by atoms with Gasteiger partial charge in [-0.2, -0.15) is 0 Å². The van der Waals surface area contributed by atoms with E-state index in [1.54, 1.807) is 31.2 Å². The van der Waals surface area contributed by atoms with Gasteiger partial charge in [0.2, 0.25) is 10.0 Å². The number of nitro groups is 1. The Bertz CT molecular complexity index is 1460. The van der Waals surface area contributed by atoms with Crippen LogP contribution in [0.4, 0.5) is 22.7 Å². The number of rotatable bonds is 7. The number of anilines is 3. The SMILES string of the molecule is CCS(=O)(=O)Nc1ccc(Nc2c3ccccc3nc3cc([N+](=O)[O-])ccc23)c(OC)c1.Cl. The van der Waals surface area contributed by atoms with E-state index in [0.29, 0.717) is 39.2 Å². The number of ether oxygens (including phenoxy) is 1. The smallest absolute Gasteiger partial charge is 0.271 e. The first-order valence-corrected chi connectivity index (χ1v) is 11.4. The van der Waals surface area contributed by atoms with Crippen LogP contribution in [-0.2, 0) is 10.0 Å². The highest BCUT2D eigenvalue weighted by Crippen LogP contribution is 2.38. The first-order valence-electron chi connectivity index (χ1n) is 9.73. The number of aromatic nitrogens is 1. The van der Waals surface area contributed by atoms with E-state index in [0.717, 1.165) is 5.39 Å². The molecule has 9 nitrogen and oxygen atoms in total. The Kier molecular flexibility index (Phi) is 6.89. The maximum Gasteiger partial charge on any atom is 0.271 e. The Hall–Kier alpha value is -3.63. The molecule has 172 valence electrons. The first-order chi connectivity index (χ1) is 15.3. The molecule has 0 aliphatic rings. The Labute approximate surface area is 196 Å². The number of halogens is 1. The average molecular weight is 489 g/mol. The largest absolute Gasteiger partial charge is 0.494 e. The molecule has 4 aromatic rings. The second-order valence-corrected chi connectivity index (χ2v) is 9.02. The van der Waals surface area contributed by atoms with Crippen LogP contribution in [0.25, 0.3) is 21.8 Å². The van der Waals surface area contributed by atoms with Gasteiger partial charge < -0.3 is 10.1 Å². The summed E-state index contributed by atoms with van der Waals surface area (Å²) in [4.78, 5) is 15.3. The van der Waals surface area contributed by atoms with Gasteiger partial charge in [0.05, 0.1) is 45.9 Å². The summed E-state index contributed by atoms with van der Waals surface area (Å²) in [7, 11) is -1.94. The molecule has 1 heterocycles. The van der Waals surface area contributed by atoms with E-state index < -0.39 is 14.9 Å². The van der Waals surface area contributed by atoms with Gasteiger partial charge in [0.25, 0.3) is 5.69 Å². The summed E-state index contributed by atoms with van der Waals surface area (Å²) in [5, 5.41) is 16.1. The fourth-order valence-corrected chi connectivity index (χ4v) is 4.00. The average Bonchev–Trinajstić information content (AvgIpc) is 2.79. The molecule has 0 saturated carbocycles. The molecule has 3 aromatic carbocycles. The lowest BCUT2D eigenvalue weighted by molar-refractivity contribution is -0.384. The van der Waals surface area contributed by atoms with E-state index in [4.69, 9.17) is 4.74 Å². The molecular formula is C22H21ClN4O5S. The maximum absolute atomic E-state index is 11.9. The van der Waals surface area contributed by atoms with Crippen LogP contribution in [0.5, 0.6) is 5.75 Å². The molecule has 0 aliphatic carbocycles. The van der Waals surface area contributed by atoms with E-state index in [1.165, 1.54) is 19.2 Å². The Morgan fingerprint density at radius 3 is 2.45 bits per heavy atom. The highest BCUT2D eigenvalue weighted by atomic mass is 35.5. The number of nitro benzene ring substituents is 1. The molecule has 2 N–H and O–H groups in total. The van der Waals surface area contributed by atoms with Crippen molar-refractivity contribution >= 4 is 67.0 Å². The molecule has 0 unspecified atom stereocenters. The number of non-ortho nitro benzene ring substituents is 1. The lowest BCUT2D eigenvalue weighted by atomic mass is 10.1. The van der Waals surface area contributed by atoms with Crippen molar-refractivity contribution in [1.29, 1.82) is 0 Å². The summed E-state index contributed by atoms with van der Waals surface area (Å²) in [6, 6.07) is 16.9. The monoisotopic (exact) mass is 488 g/mol. The van der Waals surface area contributed by atoms with Crippen LogP contribution in [0.2, 0.25) is 0 Å². The number of sulfonamides is 1. The van der Waals surface area contributed by atoms with Crippen molar-refractivity contribution in [3.05, 3.63) is 70.8 Å². The topological polar surface area (TPSA) is 123 Å². The number of pyridine rings is 1. The minimum absolute atomic E-state index is 0. The Balaban J connectivity index is 0.00000306. The molecule has 0 saturated heterocycles. The standard InChI is InChI=1S/C22H20N4O5S.ClH/c1-3-32(29,30)25-14-8-11-19(21(12-14)31-2)24-22-16-6-4-5-7-18(16)23-20-13-15(26(27)28)9-10-17(20)22;/h4-13,25H,3H2,1-2H3,(H,23,24);1H. The van der Waals surface area contributed by atoms with Crippen LogP contribution in [0, 0.1) is 10.1 Å². The first kappa shape index (κ1) is 24.0. The number of methoxy groups -OCH3 is 1. The summed E-state index contributed by atoms with van der Waals surface area (Å²) in [6.45, 7) is 1.56. The van der Waals surface area contributed by atoms with Gasteiger partial charge in [-0.25, -0.2) is 13.4 Å². The molecule has 0 radical (unpaired) electrons. The lowest BCUT2D eigenvalue weighted by Crippen LogP contribution is -2.14. The fourth-order valence-electron chi connectivity index (χ4n) is 3.37. The van der Waals surface area contributed by atoms with Gasteiger partial charge in [0.15, 0.2) is 0 Å². The summed E-state index contributed by atoms with van der Waals surface area (Å²) in [5.74, 6) is 0.383. The summed E-state index contributed by atoms with van der Waals surface area (Å²) in [6.07, 6.45) is 0. The lowest BCUT2D eigenvalue weighted by Gasteiger charge is -2.16. The second kappa shape index (κ2) is 9.47. The number of benzene rings is 3. The molecule has 11 heteroatoms. The van der Waals surface area contributed by atoms with Gasteiger partial charge in [-0.3, -0.25) is 14.8 Å². The summed E-state index contributed by atoms with van der Waals surface area (Å²) in [5.41, 5.74) is 2.80. The zero-order chi connectivity index (χ0) is 22.9. The third-order valence-electron chi connectivity index (χ3n) is 4.99. The Morgan fingerprint density at radius 1 is 1.03 bits per heavy atom. The minimum Gasteiger partial charge on any atom is -0.494 e. The number of fused-ring (bicyclic) bond motifs is 2. The highest BCUT2D eigenvalue weighted by Gasteiger charge is 2.16. The second-order valence-electron chi connectivity index (χ2n) is 7.01. The quantitative estimate of drug-likeness (QED) is 0.207. The zero-order valence-electron chi connectivity index (χ0n) is 17.7. The van der Waals surface area contributed by atoms with Crippen LogP contribution in [0.15, 0.2) is 60.7 Å². The van der Waals surface area contributed by atoms with Crippen molar-refractivity contribution in [2.24, 2.45) is 0 Å². The molecule has 0 amide bonds. The van der Waals surface area contributed by atoms with Crippen LogP contribution in [0.3, 0.4) is 0 Å².